The normalized spacial score (nSPS) is 19.6. The first kappa shape index (κ1) is 36.4. The van der Waals surface area contributed by atoms with Crippen molar-refractivity contribution >= 4 is 18.2 Å². The van der Waals surface area contributed by atoms with Crippen LogP contribution in [-0.4, -0.2) is 69.0 Å². The highest BCUT2D eigenvalue weighted by Crippen LogP contribution is 2.26. The molecule has 43 heavy (non-hydrogen) atoms. The van der Waals surface area contributed by atoms with Gasteiger partial charge in [-0.1, -0.05) is 75.8 Å². The zero-order chi connectivity index (χ0) is 31.8. The number of amides is 1. The number of hydrogen-bond acceptors (Lipinski definition) is 7. The number of rotatable bonds is 19. The number of likely N-dealkylation sites (tertiary alicyclic amines) is 1. The Balaban J connectivity index is 1.71. The van der Waals surface area contributed by atoms with E-state index in [9.17, 15) is 29.7 Å². The second-order valence-electron chi connectivity index (χ2n) is 12.3. The molecule has 3 N–H and O–H groups in total. The van der Waals surface area contributed by atoms with Crippen molar-refractivity contribution in [3.8, 4) is 0 Å². The summed E-state index contributed by atoms with van der Waals surface area (Å²) in [6, 6.07) is 9.95. The fraction of sp³-hybridized carbons (Fsp3) is 0.629. The van der Waals surface area contributed by atoms with Gasteiger partial charge in [0.15, 0.2) is 0 Å². The Kier molecular flexibility index (Phi) is 15.9. The Morgan fingerprint density at radius 2 is 1.74 bits per heavy atom. The minimum absolute atomic E-state index is 0.000280. The van der Waals surface area contributed by atoms with Crippen molar-refractivity contribution in [2.45, 2.75) is 116 Å². The van der Waals surface area contributed by atoms with Crippen molar-refractivity contribution in [1.29, 1.82) is 0 Å². The summed E-state index contributed by atoms with van der Waals surface area (Å²) in [5.74, 6) is -5.44. The molecule has 0 bridgehead atoms. The van der Waals surface area contributed by atoms with Gasteiger partial charge in [-0.05, 0) is 88.2 Å². The van der Waals surface area contributed by atoms with Crippen LogP contribution < -0.4 is 0 Å². The predicted octanol–water partition coefficient (Wildman–Crippen LogP) is 5.14. The molecular formula is C35H53NO7. The van der Waals surface area contributed by atoms with Gasteiger partial charge in [-0.15, -0.1) is 0 Å². The fourth-order valence-electron chi connectivity index (χ4n) is 5.75. The van der Waals surface area contributed by atoms with Crippen molar-refractivity contribution in [3.05, 3.63) is 60.2 Å². The standard InChI is InChI=1S/C35H53NO7/c1-26(15-8-5-6-11-21-31(43-25-37)23-22-30-19-9-7-10-20-30)32(38)27(2)16-14-17-28(3)33(39)35(41,42)34(40)36-24-13-12-18-29(36)4/h5,7-11,19-21,25-29,31-32,38,41-42H,6,12-18,22-24H2,1-4H3/b8-5+,21-11+/t26-,27?,28?,29?,31?,32?/m1/s1. The van der Waals surface area contributed by atoms with Gasteiger partial charge in [-0.3, -0.25) is 14.4 Å². The summed E-state index contributed by atoms with van der Waals surface area (Å²) in [5.41, 5.74) is 1.20. The fourth-order valence-corrected chi connectivity index (χ4v) is 5.75. The van der Waals surface area contributed by atoms with Gasteiger partial charge in [0, 0.05) is 18.5 Å². The Bertz CT molecular complexity index is 1040. The molecule has 1 aromatic carbocycles. The molecule has 1 aliphatic heterocycles. The SMILES string of the molecule is CC(CCCC(C)C(O)[C@H](C)C/C=C/C/C=C/C(CCc1ccccc1)OC=O)C(=O)C(O)(O)C(=O)N1CCCCC1C. The van der Waals surface area contributed by atoms with E-state index in [1.165, 1.54) is 10.5 Å². The molecule has 0 radical (unpaired) electrons. The lowest BCUT2D eigenvalue weighted by atomic mass is 9.85. The Morgan fingerprint density at radius 1 is 1.02 bits per heavy atom. The second kappa shape index (κ2) is 18.8. The highest BCUT2D eigenvalue weighted by Gasteiger charge is 2.47. The number of benzene rings is 1. The Hall–Kier alpha value is -2.81. The Morgan fingerprint density at radius 3 is 2.42 bits per heavy atom. The molecule has 240 valence electrons. The highest BCUT2D eigenvalue weighted by atomic mass is 16.5. The first-order valence-corrected chi connectivity index (χ1v) is 15.9. The molecule has 6 atom stereocenters. The number of aliphatic hydroxyl groups is 3. The van der Waals surface area contributed by atoms with Crippen molar-refractivity contribution in [1.82, 2.24) is 4.90 Å². The van der Waals surface area contributed by atoms with E-state index >= 15 is 0 Å². The molecular weight excluding hydrogens is 546 g/mol. The van der Waals surface area contributed by atoms with Crippen LogP contribution in [0.25, 0.3) is 0 Å². The van der Waals surface area contributed by atoms with Crippen LogP contribution in [0.2, 0.25) is 0 Å². The Labute approximate surface area is 257 Å². The van der Waals surface area contributed by atoms with Crippen LogP contribution in [0.3, 0.4) is 0 Å². The van der Waals surface area contributed by atoms with Crippen LogP contribution in [0.5, 0.6) is 0 Å². The highest BCUT2D eigenvalue weighted by molar-refractivity contribution is 6.08. The molecule has 5 unspecified atom stereocenters. The topological polar surface area (TPSA) is 124 Å². The molecule has 1 aromatic rings. The van der Waals surface area contributed by atoms with E-state index in [0.717, 1.165) is 25.7 Å². The average molecular weight is 600 g/mol. The number of allylic oxidation sites excluding steroid dienone is 3. The number of carbonyl (C=O) groups excluding carboxylic acids is 3. The summed E-state index contributed by atoms with van der Waals surface area (Å²) in [6.45, 7) is 8.38. The van der Waals surface area contributed by atoms with E-state index in [0.29, 0.717) is 51.5 Å². The third-order valence-electron chi connectivity index (χ3n) is 8.70. The lowest BCUT2D eigenvalue weighted by molar-refractivity contribution is -0.203. The summed E-state index contributed by atoms with van der Waals surface area (Å²) in [5, 5.41) is 31.7. The van der Waals surface area contributed by atoms with Gasteiger partial charge in [-0.25, -0.2) is 0 Å². The number of aryl methyl sites for hydroxylation is 1. The molecule has 8 heteroatoms. The van der Waals surface area contributed by atoms with Crippen LogP contribution in [0.4, 0.5) is 0 Å². The van der Waals surface area contributed by atoms with E-state index in [4.69, 9.17) is 4.74 Å². The molecule has 0 spiro atoms. The van der Waals surface area contributed by atoms with Gasteiger partial charge in [0.1, 0.15) is 6.10 Å². The minimum Gasteiger partial charge on any atom is -0.460 e. The lowest BCUT2D eigenvalue weighted by Crippen LogP contribution is -2.58. The van der Waals surface area contributed by atoms with Crippen LogP contribution in [0, 0.1) is 17.8 Å². The first-order valence-electron chi connectivity index (χ1n) is 15.9. The van der Waals surface area contributed by atoms with Crippen molar-refractivity contribution in [2.24, 2.45) is 17.8 Å². The van der Waals surface area contributed by atoms with E-state index < -0.39 is 29.5 Å². The van der Waals surface area contributed by atoms with Gasteiger partial charge in [-0.2, -0.15) is 0 Å². The zero-order valence-corrected chi connectivity index (χ0v) is 26.4. The molecule has 0 aliphatic carbocycles. The summed E-state index contributed by atoms with van der Waals surface area (Å²) in [6.07, 6.45) is 14.4. The average Bonchev–Trinajstić information content (AvgIpc) is 3.00. The second-order valence-corrected chi connectivity index (χ2v) is 12.3. The quantitative estimate of drug-likeness (QED) is 0.0870. The van der Waals surface area contributed by atoms with Gasteiger partial charge >= 0.3 is 5.79 Å². The number of aliphatic hydroxyl groups excluding tert-OH is 1. The van der Waals surface area contributed by atoms with Crippen LogP contribution in [-0.2, 0) is 25.5 Å². The van der Waals surface area contributed by atoms with Crippen LogP contribution in [0.15, 0.2) is 54.6 Å². The summed E-state index contributed by atoms with van der Waals surface area (Å²) < 4.78 is 5.20. The third-order valence-corrected chi connectivity index (χ3v) is 8.70. The summed E-state index contributed by atoms with van der Waals surface area (Å²) >= 11 is 0. The number of Topliss-reactive ketones (excluding diaryl/α,β-unsaturated/α-hetero) is 1. The molecule has 1 amide bonds. The minimum atomic E-state index is -3.00. The summed E-state index contributed by atoms with van der Waals surface area (Å²) in [4.78, 5) is 37.8. The van der Waals surface area contributed by atoms with Crippen LogP contribution in [0.1, 0.15) is 91.0 Å². The number of ketones is 1. The predicted molar refractivity (Wildman–Crippen MR) is 168 cm³/mol. The monoisotopic (exact) mass is 599 g/mol. The molecule has 1 saturated heterocycles. The van der Waals surface area contributed by atoms with Gasteiger partial charge in [0.2, 0.25) is 5.78 Å². The van der Waals surface area contributed by atoms with Crippen molar-refractivity contribution in [2.75, 3.05) is 6.54 Å². The maximum atomic E-state index is 12.8. The first-order chi connectivity index (χ1) is 20.5. The van der Waals surface area contributed by atoms with Crippen LogP contribution >= 0.6 is 0 Å². The number of ether oxygens (including phenoxy) is 1. The van der Waals surface area contributed by atoms with E-state index in [1.54, 1.807) is 6.92 Å². The third kappa shape index (κ3) is 12.0. The summed E-state index contributed by atoms with van der Waals surface area (Å²) in [7, 11) is 0. The largest absolute Gasteiger partial charge is 0.460 e. The maximum Gasteiger partial charge on any atom is 0.306 e. The molecule has 0 aromatic heterocycles. The number of carbonyl (C=O) groups is 3. The lowest BCUT2D eigenvalue weighted by Gasteiger charge is -2.37. The van der Waals surface area contributed by atoms with Gasteiger partial charge in [0.25, 0.3) is 12.4 Å². The van der Waals surface area contributed by atoms with E-state index in [-0.39, 0.29) is 24.0 Å². The zero-order valence-electron chi connectivity index (χ0n) is 26.4. The molecule has 0 saturated carbocycles. The van der Waals surface area contributed by atoms with Crippen molar-refractivity contribution < 1.29 is 34.4 Å². The number of nitrogens with zero attached hydrogens (tertiary/aromatic N) is 1. The number of hydrogen-bond donors (Lipinski definition) is 3. The van der Waals surface area contributed by atoms with Gasteiger partial charge < -0.3 is 25.0 Å². The molecule has 1 heterocycles. The number of piperidine rings is 1. The van der Waals surface area contributed by atoms with Gasteiger partial charge in [0.05, 0.1) is 6.10 Å². The molecule has 1 fully saturated rings. The van der Waals surface area contributed by atoms with E-state index in [2.05, 4.69) is 12.1 Å². The smallest absolute Gasteiger partial charge is 0.306 e. The molecule has 8 nitrogen and oxygen atoms in total. The molecule has 2 rings (SSSR count). The molecule has 1 aliphatic rings. The van der Waals surface area contributed by atoms with E-state index in [1.807, 2.05) is 63.3 Å². The maximum absolute atomic E-state index is 12.8. The van der Waals surface area contributed by atoms with Crippen molar-refractivity contribution in [3.63, 3.8) is 0 Å².